The van der Waals surface area contributed by atoms with Crippen molar-refractivity contribution in [3.05, 3.63) is 42.0 Å². The van der Waals surface area contributed by atoms with Crippen LogP contribution < -0.4 is 4.90 Å². The minimum Gasteiger partial charge on any atom is -0.308 e. The van der Waals surface area contributed by atoms with Gasteiger partial charge in [-0.25, -0.2) is 0 Å². The van der Waals surface area contributed by atoms with Crippen molar-refractivity contribution in [2.24, 2.45) is 0 Å². The summed E-state index contributed by atoms with van der Waals surface area (Å²) in [6.07, 6.45) is 2.12. The number of amides is 1. The number of hydrogen-bond acceptors (Lipinski definition) is 1. The molecule has 0 fully saturated rings. The Morgan fingerprint density at radius 1 is 1.06 bits per heavy atom. The van der Waals surface area contributed by atoms with Crippen LogP contribution in [0.5, 0.6) is 0 Å². The Morgan fingerprint density at radius 3 is 2.61 bits per heavy atom. The molecule has 0 aromatic heterocycles. The lowest BCUT2D eigenvalue weighted by molar-refractivity contribution is 0.0993. The Kier molecular flexibility index (Phi) is 3.08. The largest absolute Gasteiger partial charge is 0.308 e. The molecule has 2 aromatic carbocycles. The molecule has 1 amide bonds. The Morgan fingerprint density at radius 2 is 1.83 bits per heavy atom. The van der Waals surface area contributed by atoms with E-state index in [1.807, 2.05) is 29.2 Å². The minimum atomic E-state index is 0.149. The molecule has 0 spiro atoms. The monoisotopic (exact) mass is 303 g/mol. The molecule has 2 aromatic rings. The highest BCUT2D eigenvalue weighted by Gasteiger charge is 2.28. The fourth-order valence-corrected chi connectivity index (χ4v) is 2.96. The van der Waals surface area contributed by atoms with E-state index in [1.54, 1.807) is 0 Å². The lowest BCUT2D eigenvalue weighted by atomic mass is 10.1. The molecule has 1 aliphatic heterocycles. The number of halogens is 1. The van der Waals surface area contributed by atoms with Gasteiger partial charge in [-0.2, -0.15) is 0 Å². The fraction of sp³-hybridized carbons (Fsp3) is 0.267. The van der Waals surface area contributed by atoms with E-state index in [-0.39, 0.29) is 5.91 Å². The highest BCUT2D eigenvalue weighted by Crippen LogP contribution is 2.37. The molecule has 18 heavy (non-hydrogen) atoms. The van der Waals surface area contributed by atoms with Gasteiger partial charge < -0.3 is 4.90 Å². The summed E-state index contributed by atoms with van der Waals surface area (Å²) < 4.78 is 0. The average molecular weight is 304 g/mol. The molecular weight excluding hydrogens is 290 g/mol. The number of benzene rings is 2. The van der Waals surface area contributed by atoms with Crippen molar-refractivity contribution in [2.45, 2.75) is 12.8 Å². The number of rotatable bonds is 4. The predicted octanol–water partition coefficient (Wildman–Crippen LogP) is 3.98. The third-order valence-electron chi connectivity index (χ3n) is 3.41. The maximum atomic E-state index is 12.4. The molecular formula is C15H14BrNO. The van der Waals surface area contributed by atoms with Crippen molar-refractivity contribution < 1.29 is 4.79 Å². The molecule has 3 heteroatoms. The summed E-state index contributed by atoms with van der Waals surface area (Å²) in [7, 11) is 0. The van der Waals surface area contributed by atoms with Crippen molar-refractivity contribution >= 4 is 38.3 Å². The van der Waals surface area contributed by atoms with E-state index in [1.165, 1.54) is 0 Å². The highest BCUT2D eigenvalue weighted by atomic mass is 79.9. The molecule has 1 aliphatic rings. The van der Waals surface area contributed by atoms with Crippen molar-refractivity contribution in [1.29, 1.82) is 0 Å². The standard InChI is InChI=1S/C15H14BrNO/c16-9-1-2-10-17-13-8-4-6-11-5-3-7-12(14(11)13)15(17)18/h3-8H,1-2,9-10H2. The molecule has 0 atom stereocenters. The maximum Gasteiger partial charge on any atom is 0.258 e. The predicted molar refractivity (Wildman–Crippen MR) is 78.7 cm³/mol. The summed E-state index contributed by atoms with van der Waals surface area (Å²) in [5.41, 5.74) is 1.92. The first-order chi connectivity index (χ1) is 8.83. The van der Waals surface area contributed by atoms with Crippen LogP contribution in [0.1, 0.15) is 23.2 Å². The first-order valence-corrected chi connectivity index (χ1v) is 7.34. The first kappa shape index (κ1) is 11.7. The van der Waals surface area contributed by atoms with E-state index in [0.29, 0.717) is 0 Å². The first-order valence-electron chi connectivity index (χ1n) is 6.22. The van der Waals surface area contributed by atoms with Gasteiger partial charge in [-0.15, -0.1) is 0 Å². The van der Waals surface area contributed by atoms with Gasteiger partial charge in [-0.1, -0.05) is 40.2 Å². The number of unbranched alkanes of at least 4 members (excludes halogenated alkanes) is 1. The van der Waals surface area contributed by atoms with Crippen LogP contribution in [0.25, 0.3) is 10.8 Å². The van der Waals surface area contributed by atoms with Gasteiger partial charge in [-0.05, 0) is 30.4 Å². The Labute approximate surface area is 115 Å². The van der Waals surface area contributed by atoms with Crippen LogP contribution in [-0.4, -0.2) is 17.8 Å². The van der Waals surface area contributed by atoms with Gasteiger partial charge in [0.15, 0.2) is 0 Å². The van der Waals surface area contributed by atoms with Gasteiger partial charge in [0.05, 0.1) is 5.69 Å². The lowest BCUT2D eigenvalue weighted by Gasteiger charge is -2.17. The topological polar surface area (TPSA) is 20.3 Å². The summed E-state index contributed by atoms with van der Waals surface area (Å²) in [4.78, 5) is 14.3. The molecule has 0 N–H and O–H groups in total. The zero-order chi connectivity index (χ0) is 12.5. The number of carbonyl (C=O) groups is 1. The van der Waals surface area contributed by atoms with Crippen LogP contribution in [0.4, 0.5) is 5.69 Å². The smallest absolute Gasteiger partial charge is 0.258 e. The maximum absolute atomic E-state index is 12.4. The summed E-state index contributed by atoms with van der Waals surface area (Å²) in [6, 6.07) is 12.1. The van der Waals surface area contributed by atoms with Crippen LogP contribution in [0.2, 0.25) is 0 Å². The Bertz CT molecular complexity index is 603. The Hall–Kier alpha value is -1.35. The van der Waals surface area contributed by atoms with Crippen molar-refractivity contribution in [2.75, 3.05) is 16.8 Å². The average Bonchev–Trinajstić information content (AvgIpc) is 2.67. The molecule has 1 heterocycles. The van der Waals surface area contributed by atoms with Crippen LogP contribution in [0.15, 0.2) is 36.4 Å². The quantitative estimate of drug-likeness (QED) is 0.618. The van der Waals surface area contributed by atoms with Gasteiger partial charge in [0.25, 0.3) is 5.91 Å². The van der Waals surface area contributed by atoms with Gasteiger partial charge in [-0.3, -0.25) is 4.79 Å². The van der Waals surface area contributed by atoms with E-state index in [0.717, 1.165) is 46.7 Å². The van der Waals surface area contributed by atoms with Gasteiger partial charge in [0.2, 0.25) is 0 Å². The summed E-state index contributed by atoms with van der Waals surface area (Å²) in [6.45, 7) is 0.804. The van der Waals surface area contributed by atoms with Crippen LogP contribution in [0, 0.1) is 0 Å². The molecule has 0 bridgehead atoms. The molecule has 2 nitrogen and oxygen atoms in total. The van der Waals surface area contributed by atoms with Gasteiger partial charge >= 0.3 is 0 Å². The molecule has 0 unspecified atom stereocenters. The zero-order valence-corrected chi connectivity index (χ0v) is 11.6. The number of carbonyl (C=O) groups excluding carboxylic acids is 1. The molecule has 0 saturated carbocycles. The third-order valence-corrected chi connectivity index (χ3v) is 3.98. The van der Waals surface area contributed by atoms with E-state index in [2.05, 4.69) is 28.1 Å². The molecule has 0 radical (unpaired) electrons. The molecule has 0 saturated heterocycles. The van der Waals surface area contributed by atoms with Gasteiger partial charge in [0.1, 0.15) is 0 Å². The minimum absolute atomic E-state index is 0.149. The normalized spacial score (nSPS) is 13.6. The van der Waals surface area contributed by atoms with Crippen molar-refractivity contribution in [3.8, 4) is 0 Å². The summed E-state index contributed by atoms with van der Waals surface area (Å²) >= 11 is 3.43. The highest BCUT2D eigenvalue weighted by molar-refractivity contribution is 9.09. The van der Waals surface area contributed by atoms with E-state index >= 15 is 0 Å². The number of alkyl halides is 1. The Balaban J connectivity index is 2.03. The van der Waals surface area contributed by atoms with Crippen LogP contribution in [0.3, 0.4) is 0 Å². The van der Waals surface area contributed by atoms with Gasteiger partial charge in [0, 0.05) is 22.8 Å². The van der Waals surface area contributed by atoms with E-state index in [9.17, 15) is 4.79 Å². The third kappa shape index (κ3) is 1.74. The van der Waals surface area contributed by atoms with E-state index in [4.69, 9.17) is 0 Å². The molecule has 0 aliphatic carbocycles. The SMILES string of the molecule is O=C1c2cccc3cccc(c23)N1CCCCBr. The summed E-state index contributed by atoms with van der Waals surface area (Å²) in [5.74, 6) is 0.149. The number of hydrogen-bond donors (Lipinski definition) is 0. The second kappa shape index (κ2) is 4.73. The lowest BCUT2D eigenvalue weighted by Crippen LogP contribution is -2.27. The van der Waals surface area contributed by atoms with Crippen molar-refractivity contribution in [3.63, 3.8) is 0 Å². The molecule has 92 valence electrons. The summed E-state index contributed by atoms with van der Waals surface area (Å²) in [5, 5.41) is 3.26. The van der Waals surface area contributed by atoms with E-state index < -0.39 is 0 Å². The zero-order valence-electron chi connectivity index (χ0n) is 10.0. The molecule has 3 rings (SSSR count). The second-order valence-electron chi connectivity index (χ2n) is 4.53. The van der Waals surface area contributed by atoms with Crippen molar-refractivity contribution in [1.82, 2.24) is 0 Å². The fourth-order valence-electron chi connectivity index (χ4n) is 2.57. The number of anilines is 1. The van der Waals surface area contributed by atoms with Crippen LogP contribution in [-0.2, 0) is 0 Å². The second-order valence-corrected chi connectivity index (χ2v) is 5.33. The van der Waals surface area contributed by atoms with Crippen LogP contribution >= 0.6 is 15.9 Å². The number of nitrogens with zero attached hydrogens (tertiary/aromatic N) is 1.